The third-order valence-corrected chi connectivity index (χ3v) is 3.92. The Kier molecular flexibility index (Phi) is 3.23. The van der Waals surface area contributed by atoms with Crippen molar-refractivity contribution in [2.75, 3.05) is 16.0 Å². The maximum atomic E-state index is 11.4. The minimum Gasteiger partial charge on any atom is -0.473 e. The smallest absolute Gasteiger partial charge is 0.268 e. The summed E-state index contributed by atoms with van der Waals surface area (Å²) >= 11 is 0. The molecule has 0 radical (unpaired) electrons. The second-order valence-corrected chi connectivity index (χ2v) is 6.20. The standard InChI is InChI=1S/C14H14N2O3S/c17-20(18)10-19-14-8-12(6-7-13(14)16-20)15-9-11-4-2-1-3-5-11/h1-8,15-16H,9-10H2. The monoisotopic (exact) mass is 290 g/mol. The van der Waals surface area contributed by atoms with Gasteiger partial charge in [-0.3, -0.25) is 4.72 Å². The van der Waals surface area contributed by atoms with Gasteiger partial charge in [-0.15, -0.1) is 0 Å². The summed E-state index contributed by atoms with van der Waals surface area (Å²) in [6, 6.07) is 15.3. The molecule has 20 heavy (non-hydrogen) atoms. The summed E-state index contributed by atoms with van der Waals surface area (Å²) in [6.45, 7) is 0.700. The van der Waals surface area contributed by atoms with E-state index in [1.54, 1.807) is 12.1 Å². The van der Waals surface area contributed by atoms with E-state index < -0.39 is 10.0 Å². The van der Waals surface area contributed by atoms with E-state index in [1.165, 1.54) is 5.56 Å². The van der Waals surface area contributed by atoms with Crippen LogP contribution >= 0.6 is 0 Å². The first-order valence-electron chi connectivity index (χ1n) is 6.17. The number of nitrogens with one attached hydrogen (secondary N) is 2. The van der Waals surface area contributed by atoms with Crippen LogP contribution in [-0.4, -0.2) is 14.4 Å². The molecule has 2 N–H and O–H groups in total. The minimum atomic E-state index is -3.36. The van der Waals surface area contributed by atoms with E-state index in [0.29, 0.717) is 18.0 Å². The highest BCUT2D eigenvalue weighted by Crippen LogP contribution is 2.32. The average Bonchev–Trinajstić information content (AvgIpc) is 2.45. The Labute approximate surface area is 117 Å². The molecule has 104 valence electrons. The predicted molar refractivity (Wildman–Crippen MR) is 78.2 cm³/mol. The summed E-state index contributed by atoms with van der Waals surface area (Å²) in [5.74, 6) is 0.195. The molecule has 1 aliphatic rings. The van der Waals surface area contributed by atoms with Crippen molar-refractivity contribution < 1.29 is 13.2 Å². The van der Waals surface area contributed by atoms with Gasteiger partial charge in [0.1, 0.15) is 5.75 Å². The lowest BCUT2D eigenvalue weighted by Gasteiger charge is -2.20. The molecule has 0 fully saturated rings. The number of anilines is 2. The number of sulfonamides is 1. The van der Waals surface area contributed by atoms with Gasteiger partial charge in [0.15, 0.2) is 0 Å². The SMILES string of the molecule is O=S1(=O)COc2cc(NCc3ccccc3)ccc2N1. The zero-order valence-corrected chi connectivity index (χ0v) is 11.5. The maximum Gasteiger partial charge on any atom is 0.268 e. The number of hydrogen-bond acceptors (Lipinski definition) is 4. The lowest BCUT2D eigenvalue weighted by molar-refractivity contribution is 0.374. The van der Waals surface area contributed by atoms with Crippen LogP contribution in [0.5, 0.6) is 5.75 Å². The molecule has 0 amide bonds. The van der Waals surface area contributed by atoms with Crippen LogP contribution in [-0.2, 0) is 16.6 Å². The lowest BCUT2D eigenvalue weighted by Crippen LogP contribution is -2.25. The van der Waals surface area contributed by atoms with Crippen molar-refractivity contribution in [3.8, 4) is 5.75 Å². The Morgan fingerprint density at radius 2 is 1.95 bits per heavy atom. The number of fused-ring (bicyclic) bond motifs is 1. The molecule has 0 unspecified atom stereocenters. The van der Waals surface area contributed by atoms with E-state index in [1.807, 2.05) is 36.4 Å². The third-order valence-electron chi connectivity index (χ3n) is 2.96. The first kappa shape index (κ1) is 12.8. The van der Waals surface area contributed by atoms with E-state index in [-0.39, 0.29) is 5.94 Å². The van der Waals surface area contributed by atoms with E-state index in [2.05, 4.69) is 10.0 Å². The fraction of sp³-hybridized carbons (Fsp3) is 0.143. The molecule has 3 rings (SSSR count). The zero-order chi connectivity index (χ0) is 14.0. The highest BCUT2D eigenvalue weighted by atomic mass is 32.2. The van der Waals surface area contributed by atoms with Gasteiger partial charge in [0, 0.05) is 18.3 Å². The molecule has 0 atom stereocenters. The van der Waals surface area contributed by atoms with Gasteiger partial charge in [-0.2, -0.15) is 0 Å². The molecule has 0 spiro atoms. The van der Waals surface area contributed by atoms with Crippen LogP contribution < -0.4 is 14.8 Å². The third kappa shape index (κ3) is 2.85. The van der Waals surface area contributed by atoms with Gasteiger partial charge >= 0.3 is 0 Å². The molecule has 0 aliphatic carbocycles. The van der Waals surface area contributed by atoms with Gasteiger partial charge in [0.05, 0.1) is 5.69 Å². The molecule has 2 aromatic rings. The Morgan fingerprint density at radius 3 is 2.75 bits per heavy atom. The second kappa shape index (κ2) is 5.05. The number of ether oxygens (including phenoxy) is 1. The zero-order valence-electron chi connectivity index (χ0n) is 10.7. The fourth-order valence-electron chi connectivity index (χ4n) is 1.97. The van der Waals surface area contributed by atoms with Crippen LogP contribution in [0.15, 0.2) is 48.5 Å². The molecule has 6 heteroatoms. The topological polar surface area (TPSA) is 67.4 Å². The number of hydrogen-bond donors (Lipinski definition) is 2. The Balaban J connectivity index is 1.73. The first-order chi connectivity index (χ1) is 9.62. The molecule has 0 saturated carbocycles. The molecule has 0 bridgehead atoms. The molecule has 0 saturated heterocycles. The highest BCUT2D eigenvalue weighted by molar-refractivity contribution is 7.92. The molecule has 2 aromatic carbocycles. The van der Waals surface area contributed by atoms with Gasteiger partial charge in [0.2, 0.25) is 5.94 Å². The summed E-state index contributed by atoms with van der Waals surface area (Å²) < 4.78 is 30.4. The van der Waals surface area contributed by atoms with Crippen LogP contribution in [0.4, 0.5) is 11.4 Å². The molecule has 1 heterocycles. The van der Waals surface area contributed by atoms with Gasteiger partial charge in [0.25, 0.3) is 10.0 Å². The van der Waals surface area contributed by atoms with Crippen LogP contribution in [0.2, 0.25) is 0 Å². The number of benzene rings is 2. The summed E-state index contributed by atoms with van der Waals surface area (Å²) in [5, 5.41) is 3.27. The first-order valence-corrected chi connectivity index (χ1v) is 7.83. The van der Waals surface area contributed by atoms with Crippen molar-refractivity contribution in [1.82, 2.24) is 0 Å². The van der Waals surface area contributed by atoms with Gasteiger partial charge in [-0.25, -0.2) is 8.42 Å². The molecular weight excluding hydrogens is 276 g/mol. The number of rotatable bonds is 3. The maximum absolute atomic E-state index is 11.4. The molecular formula is C14H14N2O3S. The van der Waals surface area contributed by atoms with Crippen molar-refractivity contribution >= 4 is 21.4 Å². The summed E-state index contributed by atoms with van der Waals surface area (Å²) in [4.78, 5) is 0. The van der Waals surface area contributed by atoms with Crippen LogP contribution in [0.1, 0.15) is 5.56 Å². The summed E-state index contributed by atoms with van der Waals surface area (Å²) in [6.07, 6.45) is 0. The van der Waals surface area contributed by atoms with Crippen molar-refractivity contribution in [3.63, 3.8) is 0 Å². The Bertz CT molecular complexity index is 714. The van der Waals surface area contributed by atoms with Crippen molar-refractivity contribution in [1.29, 1.82) is 0 Å². The van der Waals surface area contributed by atoms with E-state index >= 15 is 0 Å². The van der Waals surface area contributed by atoms with Crippen LogP contribution in [0, 0.1) is 0 Å². The predicted octanol–water partition coefficient (Wildman–Crippen LogP) is 2.39. The quantitative estimate of drug-likeness (QED) is 0.911. The van der Waals surface area contributed by atoms with Crippen molar-refractivity contribution in [3.05, 3.63) is 54.1 Å². The lowest BCUT2D eigenvalue weighted by atomic mass is 10.2. The normalized spacial score (nSPS) is 15.6. The molecule has 0 aromatic heterocycles. The Morgan fingerprint density at radius 1 is 1.15 bits per heavy atom. The van der Waals surface area contributed by atoms with E-state index in [0.717, 1.165) is 5.69 Å². The van der Waals surface area contributed by atoms with Crippen LogP contribution in [0.25, 0.3) is 0 Å². The van der Waals surface area contributed by atoms with Crippen LogP contribution in [0.3, 0.4) is 0 Å². The molecule has 5 nitrogen and oxygen atoms in total. The second-order valence-electron chi connectivity index (χ2n) is 4.53. The van der Waals surface area contributed by atoms with Gasteiger partial charge in [-0.1, -0.05) is 30.3 Å². The average molecular weight is 290 g/mol. The fourth-order valence-corrected chi connectivity index (χ4v) is 2.82. The van der Waals surface area contributed by atoms with Crippen molar-refractivity contribution in [2.24, 2.45) is 0 Å². The highest BCUT2D eigenvalue weighted by Gasteiger charge is 2.21. The van der Waals surface area contributed by atoms with E-state index in [4.69, 9.17) is 4.74 Å². The van der Waals surface area contributed by atoms with E-state index in [9.17, 15) is 8.42 Å². The molecule has 1 aliphatic heterocycles. The Hall–Kier alpha value is -2.21. The van der Waals surface area contributed by atoms with Gasteiger partial charge < -0.3 is 10.1 Å². The van der Waals surface area contributed by atoms with Gasteiger partial charge in [-0.05, 0) is 17.7 Å². The minimum absolute atomic E-state index is 0.345. The summed E-state index contributed by atoms with van der Waals surface area (Å²) in [7, 11) is -3.36. The largest absolute Gasteiger partial charge is 0.473 e. The van der Waals surface area contributed by atoms with Crippen molar-refractivity contribution in [2.45, 2.75) is 6.54 Å². The summed E-state index contributed by atoms with van der Waals surface area (Å²) in [5.41, 5.74) is 2.53.